The highest BCUT2D eigenvalue weighted by atomic mass is 19.4. The van der Waals surface area contributed by atoms with Gasteiger partial charge in [0.15, 0.2) is 0 Å². The molecule has 0 aliphatic heterocycles. The molecule has 1 aromatic carbocycles. The molecule has 0 atom stereocenters. The van der Waals surface area contributed by atoms with Crippen molar-refractivity contribution in [3.8, 4) is 0 Å². The van der Waals surface area contributed by atoms with Crippen LogP contribution in [0.15, 0.2) is 29.4 Å². The predicted molar refractivity (Wildman–Crippen MR) is 61.3 cm³/mol. The minimum absolute atomic E-state index is 0.177. The molecule has 0 amide bonds. The van der Waals surface area contributed by atoms with Crippen molar-refractivity contribution < 1.29 is 22.7 Å². The molecule has 0 fully saturated rings. The van der Waals surface area contributed by atoms with Crippen LogP contribution in [-0.4, -0.2) is 13.1 Å². The summed E-state index contributed by atoms with van der Waals surface area (Å²) in [5.41, 5.74) is 7.34. The molecule has 0 N–H and O–H groups in total. The Balaban J connectivity index is 3.23. The summed E-state index contributed by atoms with van der Waals surface area (Å²) in [6, 6.07) is 2.64. The van der Waals surface area contributed by atoms with Crippen LogP contribution in [0, 0.1) is 0 Å². The summed E-state index contributed by atoms with van der Waals surface area (Å²) >= 11 is 0. The number of benzene rings is 1. The Kier molecular flexibility index (Phi) is 4.55. The number of hydrogen-bond donors (Lipinski definition) is 0. The molecule has 0 aliphatic carbocycles. The van der Waals surface area contributed by atoms with Crippen LogP contribution in [0.25, 0.3) is 16.5 Å². The lowest BCUT2D eigenvalue weighted by molar-refractivity contribution is -0.137. The largest absolute Gasteiger partial charge is 0.466 e. The number of hydrogen-bond acceptors (Lipinski definition) is 3. The van der Waals surface area contributed by atoms with E-state index in [2.05, 4.69) is 14.8 Å². The van der Waals surface area contributed by atoms with E-state index in [9.17, 15) is 18.0 Å². The first-order chi connectivity index (χ1) is 8.88. The molecule has 1 rings (SSSR count). The van der Waals surface area contributed by atoms with Gasteiger partial charge in [-0.05, 0) is 29.3 Å². The second-order valence-corrected chi connectivity index (χ2v) is 3.32. The number of rotatable bonds is 3. The maximum Gasteiger partial charge on any atom is 0.416 e. The van der Waals surface area contributed by atoms with Crippen LogP contribution >= 0.6 is 0 Å². The fourth-order valence-electron chi connectivity index (χ4n) is 1.22. The summed E-state index contributed by atoms with van der Waals surface area (Å²) in [5, 5.41) is 3.16. The summed E-state index contributed by atoms with van der Waals surface area (Å²) in [6.07, 6.45) is -2.32. The normalized spacial score (nSPS) is 11.2. The van der Waals surface area contributed by atoms with E-state index in [1.165, 1.54) is 6.08 Å². The van der Waals surface area contributed by atoms with E-state index in [0.717, 1.165) is 25.3 Å². The Bertz CT molecular complexity index is 561. The summed E-state index contributed by atoms with van der Waals surface area (Å²) in [4.78, 5) is 13.3. The number of carbonyl (C=O) groups is 1. The van der Waals surface area contributed by atoms with Gasteiger partial charge < -0.3 is 4.74 Å². The first-order valence-electron chi connectivity index (χ1n) is 4.91. The van der Waals surface area contributed by atoms with Gasteiger partial charge in [-0.1, -0.05) is 11.2 Å². The zero-order chi connectivity index (χ0) is 14.5. The first kappa shape index (κ1) is 14.6. The molecular weight excluding hydrogens is 263 g/mol. The Morgan fingerprint density at radius 2 is 2.16 bits per heavy atom. The third-order valence-electron chi connectivity index (χ3n) is 2.11. The Morgan fingerprint density at radius 3 is 2.68 bits per heavy atom. The number of methoxy groups -OCH3 is 1. The van der Waals surface area contributed by atoms with Crippen molar-refractivity contribution in [1.29, 1.82) is 0 Å². The molecular formula is C11H8F3N3O2. The quantitative estimate of drug-likeness (QED) is 0.275. The zero-order valence-corrected chi connectivity index (χ0v) is 9.68. The lowest BCUT2D eigenvalue weighted by atomic mass is 10.1. The third-order valence-corrected chi connectivity index (χ3v) is 2.11. The molecule has 0 bridgehead atoms. The van der Waals surface area contributed by atoms with Crippen molar-refractivity contribution in [2.45, 2.75) is 6.18 Å². The minimum Gasteiger partial charge on any atom is -0.466 e. The van der Waals surface area contributed by atoms with E-state index >= 15 is 0 Å². The fourth-order valence-corrected chi connectivity index (χ4v) is 1.22. The average molecular weight is 271 g/mol. The Hall–Kier alpha value is -2.47. The molecule has 0 radical (unpaired) electrons. The maximum atomic E-state index is 12.5. The molecule has 0 saturated heterocycles. The van der Waals surface area contributed by atoms with Crippen molar-refractivity contribution in [3.63, 3.8) is 0 Å². The van der Waals surface area contributed by atoms with Crippen LogP contribution in [0.3, 0.4) is 0 Å². The van der Waals surface area contributed by atoms with E-state index in [0.29, 0.717) is 6.07 Å². The summed E-state index contributed by atoms with van der Waals surface area (Å²) in [5.74, 6) is -0.674. The van der Waals surface area contributed by atoms with Gasteiger partial charge in [-0.15, -0.1) is 0 Å². The van der Waals surface area contributed by atoms with E-state index in [-0.39, 0.29) is 11.3 Å². The number of nitrogens with zero attached hydrogens (tertiary/aromatic N) is 3. The molecule has 0 spiro atoms. The summed E-state index contributed by atoms with van der Waals surface area (Å²) < 4.78 is 41.8. The van der Waals surface area contributed by atoms with Gasteiger partial charge in [-0.25, -0.2) is 4.79 Å². The topological polar surface area (TPSA) is 75.1 Å². The fraction of sp³-hybridized carbons (Fsp3) is 0.182. The number of carbonyl (C=O) groups excluding carboxylic acids is 1. The van der Waals surface area contributed by atoms with Crippen molar-refractivity contribution in [2.24, 2.45) is 5.11 Å². The van der Waals surface area contributed by atoms with Crippen molar-refractivity contribution in [2.75, 3.05) is 7.11 Å². The molecule has 19 heavy (non-hydrogen) atoms. The Morgan fingerprint density at radius 1 is 1.47 bits per heavy atom. The molecule has 0 heterocycles. The van der Waals surface area contributed by atoms with Gasteiger partial charge in [-0.3, -0.25) is 0 Å². The van der Waals surface area contributed by atoms with Gasteiger partial charge in [0.25, 0.3) is 0 Å². The van der Waals surface area contributed by atoms with Crippen LogP contribution in [-0.2, 0) is 15.7 Å². The van der Waals surface area contributed by atoms with Crippen molar-refractivity contribution >= 4 is 17.7 Å². The highest BCUT2D eigenvalue weighted by Crippen LogP contribution is 2.33. The molecule has 1 aromatic rings. The van der Waals surface area contributed by atoms with E-state index in [1.54, 1.807) is 0 Å². The molecule has 0 unspecified atom stereocenters. The first-order valence-corrected chi connectivity index (χ1v) is 4.91. The van der Waals surface area contributed by atoms with Crippen molar-refractivity contribution in [3.05, 3.63) is 45.8 Å². The second-order valence-electron chi connectivity index (χ2n) is 3.32. The predicted octanol–water partition coefficient (Wildman–Crippen LogP) is 3.83. The zero-order valence-electron chi connectivity index (χ0n) is 9.68. The van der Waals surface area contributed by atoms with Gasteiger partial charge in [0.1, 0.15) is 0 Å². The molecule has 0 aromatic heterocycles. The number of esters is 1. The SMILES string of the molecule is COC(=O)C=Cc1ccc(C(F)(F)F)cc1N=[N+]=[N-]. The van der Waals surface area contributed by atoms with Crippen LogP contribution in [0.5, 0.6) is 0 Å². The highest BCUT2D eigenvalue weighted by Gasteiger charge is 2.30. The molecule has 5 nitrogen and oxygen atoms in total. The van der Waals surface area contributed by atoms with E-state index < -0.39 is 17.7 Å². The Labute approximate surface area is 105 Å². The summed E-state index contributed by atoms with van der Waals surface area (Å²) in [7, 11) is 1.16. The number of azide groups is 1. The van der Waals surface area contributed by atoms with Crippen LogP contribution < -0.4 is 0 Å². The van der Waals surface area contributed by atoms with Gasteiger partial charge >= 0.3 is 12.1 Å². The van der Waals surface area contributed by atoms with Crippen LogP contribution in [0.4, 0.5) is 18.9 Å². The smallest absolute Gasteiger partial charge is 0.416 e. The van der Waals surface area contributed by atoms with Crippen LogP contribution in [0.1, 0.15) is 11.1 Å². The van der Waals surface area contributed by atoms with Gasteiger partial charge in [0.05, 0.1) is 12.7 Å². The lowest BCUT2D eigenvalue weighted by Gasteiger charge is -2.08. The number of ether oxygens (including phenoxy) is 1. The summed E-state index contributed by atoms with van der Waals surface area (Å²) in [6.45, 7) is 0. The highest BCUT2D eigenvalue weighted by molar-refractivity contribution is 5.88. The standard InChI is InChI=1S/C11H8F3N3O2/c1-19-10(18)5-3-7-2-4-8(11(12,13)14)6-9(7)16-17-15/h2-6H,1H3. The maximum absolute atomic E-state index is 12.5. The van der Waals surface area contributed by atoms with Gasteiger partial charge in [0.2, 0.25) is 0 Å². The van der Waals surface area contributed by atoms with Crippen LogP contribution in [0.2, 0.25) is 0 Å². The van der Waals surface area contributed by atoms with E-state index in [1.807, 2.05) is 0 Å². The third kappa shape index (κ3) is 4.04. The molecule has 0 saturated carbocycles. The van der Waals surface area contributed by atoms with Gasteiger partial charge in [-0.2, -0.15) is 13.2 Å². The molecule has 100 valence electrons. The number of alkyl halides is 3. The monoisotopic (exact) mass is 271 g/mol. The van der Waals surface area contributed by atoms with Gasteiger partial charge in [0, 0.05) is 16.7 Å². The molecule has 8 heteroatoms. The molecule has 0 aliphatic rings. The minimum atomic E-state index is -4.54. The second kappa shape index (κ2) is 5.92. The van der Waals surface area contributed by atoms with Crippen molar-refractivity contribution in [1.82, 2.24) is 0 Å². The average Bonchev–Trinajstić information content (AvgIpc) is 2.36. The lowest BCUT2D eigenvalue weighted by Crippen LogP contribution is -2.04. The number of halogens is 3. The van der Waals surface area contributed by atoms with E-state index in [4.69, 9.17) is 5.53 Å².